The topological polar surface area (TPSA) is 21.3 Å². The van der Waals surface area contributed by atoms with Gasteiger partial charge in [0.25, 0.3) is 0 Å². The molecule has 0 radical (unpaired) electrons. The lowest BCUT2D eigenvalue weighted by Gasteiger charge is -2.26. The lowest BCUT2D eigenvalue weighted by atomic mass is 9.91. The van der Waals surface area contributed by atoms with Crippen LogP contribution in [0.25, 0.3) is 0 Å². The molecule has 1 aliphatic carbocycles. The van der Waals surface area contributed by atoms with Crippen LogP contribution >= 0.6 is 0 Å². The van der Waals surface area contributed by atoms with Gasteiger partial charge in [0.05, 0.1) is 7.11 Å². The number of nitrogens with one attached hydrogen (secondary N) is 1. The van der Waals surface area contributed by atoms with Crippen molar-refractivity contribution in [2.45, 2.75) is 59.0 Å². The summed E-state index contributed by atoms with van der Waals surface area (Å²) in [5.41, 5.74) is 1.85. The summed E-state index contributed by atoms with van der Waals surface area (Å²) < 4.78 is 5.24. The Labute approximate surface area is 123 Å². The molecule has 1 aliphatic rings. The highest BCUT2D eigenvalue weighted by molar-refractivity contribution is 5.29. The molecular weight excluding hydrogens is 246 g/mol. The largest absolute Gasteiger partial charge is 0.497 e. The molecule has 1 saturated carbocycles. The van der Waals surface area contributed by atoms with Crippen molar-refractivity contribution in [2.75, 3.05) is 7.11 Å². The van der Waals surface area contributed by atoms with E-state index in [0.29, 0.717) is 17.5 Å². The van der Waals surface area contributed by atoms with Crippen LogP contribution in [0.3, 0.4) is 0 Å². The van der Waals surface area contributed by atoms with E-state index in [9.17, 15) is 0 Å². The van der Waals surface area contributed by atoms with Crippen LogP contribution in [0.2, 0.25) is 0 Å². The van der Waals surface area contributed by atoms with Gasteiger partial charge >= 0.3 is 0 Å². The minimum Gasteiger partial charge on any atom is -0.497 e. The van der Waals surface area contributed by atoms with Gasteiger partial charge in [-0.1, -0.05) is 39.8 Å². The van der Waals surface area contributed by atoms with Crippen LogP contribution in [-0.2, 0) is 0 Å². The van der Waals surface area contributed by atoms with Gasteiger partial charge in [0, 0.05) is 12.1 Å². The van der Waals surface area contributed by atoms with Gasteiger partial charge in [-0.25, -0.2) is 0 Å². The molecule has 3 unspecified atom stereocenters. The molecule has 0 saturated heterocycles. The van der Waals surface area contributed by atoms with Crippen molar-refractivity contribution in [3.8, 4) is 5.75 Å². The van der Waals surface area contributed by atoms with Crippen molar-refractivity contribution in [3.05, 3.63) is 29.8 Å². The molecule has 2 rings (SSSR count). The van der Waals surface area contributed by atoms with E-state index < -0.39 is 0 Å². The molecule has 0 aliphatic heterocycles. The predicted molar refractivity (Wildman–Crippen MR) is 85.1 cm³/mol. The molecule has 1 fully saturated rings. The molecule has 20 heavy (non-hydrogen) atoms. The fourth-order valence-corrected chi connectivity index (χ4v) is 3.66. The third kappa shape index (κ3) is 3.54. The van der Waals surface area contributed by atoms with Gasteiger partial charge in [0.1, 0.15) is 5.75 Å². The first kappa shape index (κ1) is 15.4. The van der Waals surface area contributed by atoms with Crippen molar-refractivity contribution in [1.29, 1.82) is 0 Å². The van der Waals surface area contributed by atoms with Gasteiger partial charge in [0.15, 0.2) is 0 Å². The van der Waals surface area contributed by atoms with E-state index in [1.807, 2.05) is 0 Å². The van der Waals surface area contributed by atoms with Crippen molar-refractivity contribution in [2.24, 2.45) is 11.3 Å². The quantitative estimate of drug-likeness (QED) is 0.850. The summed E-state index contributed by atoms with van der Waals surface area (Å²) in [4.78, 5) is 0. The maximum atomic E-state index is 5.24. The number of methoxy groups -OCH3 is 1. The first-order valence-electron chi connectivity index (χ1n) is 7.85. The molecular formula is C18H29NO. The van der Waals surface area contributed by atoms with Gasteiger partial charge in [-0.15, -0.1) is 0 Å². The molecule has 2 nitrogen and oxygen atoms in total. The fraction of sp³-hybridized carbons (Fsp3) is 0.667. The summed E-state index contributed by atoms with van der Waals surface area (Å²) in [5, 5.41) is 3.88. The Morgan fingerprint density at radius 1 is 1.25 bits per heavy atom. The number of benzene rings is 1. The minimum absolute atomic E-state index is 0.447. The molecule has 1 aromatic carbocycles. The number of hydrogen-bond donors (Lipinski definition) is 1. The first-order chi connectivity index (χ1) is 9.45. The summed E-state index contributed by atoms with van der Waals surface area (Å²) in [6.07, 6.45) is 3.72. The second-order valence-electron chi connectivity index (χ2n) is 7.06. The van der Waals surface area contributed by atoms with Gasteiger partial charge in [-0.05, 0) is 48.3 Å². The normalized spacial score (nSPS) is 26.4. The smallest absolute Gasteiger partial charge is 0.118 e. The van der Waals surface area contributed by atoms with Gasteiger partial charge in [0.2, 0.25) is 0 Å². The maximum absolute atomic E-state index is 5.24. The average Bonchev–Trinajstić information content (AvgIpc) is 2.68. The standard InChI is InChI=1S/C18H29NO/c1-6-16(14-7-9-15(20-5)10-8-14)19-17-12-18(3,4)11-13(17)2/h7-10,13,16-17,19H,6,11-12H2,1-5H3. The lowest BCUT2D eigenvalue weighted by molar-refractivity contribution is 0.349. The zero-order valence-corrected chi connectivity index (χ0v) is 13.6. The predicted octanol–water partition coefficient (Wildman–Crippen LogP) is 4.56. The Morgan fingerprint density at radius 2 is 1.90 bits per heavy atom. The number of hydrogen-bond acceptors (Lipinski definition) is 2. The summed E-state index contributed by atoms with van der Waals surface area (Å²) in [6.45, 7) is 9.42. The second-order valence-corrected chi connectivity index (χ2v) is 7.06. The third-order valence-corrected chi connectivity index (χ3v) is 4.68. The molecule has 3 atom stereocenters. The zero-order valence-electron chi connectivity index (χ0n) is 13.6. The third-order valence-electron chi connectivity index (χ3n) is 4.68. The zero-order chi connectivity index (χ0) is 14.8. The molecule has 1 aromatic rings. The molecule has 0 spiro atoms. The van der Waals surface area contributed by atoms with E-state index >= 15 is 0 Å². The Hall–Kier alpha value is -1.02. The molecule has 0 heterocycles. The Morgan fingerprint density at radius 3 is 2.35 bits per heavy atom. The van der Waals surface area contributed by atoms with E-state index in [1.165, 1.54) is 18.4 Å². The Kier molecular flexibility index (Phi) is 4.74. The van der Waals surface area contributed by atoms with Crippen molar-refractivity contribution in [3.63, 3.8) is 0 Å². The maximum Gasteiger partial charge on any atom is 0.118 e. The minimum atomic E-state index is 0.447. The van der Waals surface area contributed by atoms with E-state index in [2.05, 4.69) is 57.3 Å². The highest BCUT2D eigenvalue weighted by atomic mass is 16.5. The summed E-state index contributed by atoms with van der Waals surface area (Å²) in [6, 6.07) is 9.57. The van der Waals surface area contributed by atoms with Crippen LogP contribution in [-0.4, -0.2) is 13.2 Å². The van der Waals surface area contributed by atoms with E-state index in [-0.39, 0.29) is 0 Å². The fourth-order valence-electron chi connectivity index (χ4n) is 3.66. The lowest BCUT2D eigenvalue weighted by Crippen LogP contribution is -2.34. The highest BCUT2D eigenvalue weighted by Crippen LogP contribution is 2.41. The molecule has 1 N–H and O–H groups in total. The Balaban J connectivity index is 2.05. The van der Waals surface area contributed by atoms with Crippen molar-refractivity contribution < 1.29 is 4.74 Å². The van der Waals surface area contributed by atoms with Gasteiger partial charge in [-0.3, -0.25) is 0 Å². The average molecular weight is 275 g/mol. The van der Waals surface area contributed by atoms with Crippen LogP contribution in [0.5, 0.6) is 5.75 Å². The Bertz CT molecular complexity index is 424. The molecule has 0 bridgehead atoms. The van der Waals surface area contributed by atoms with Crippen LogP contribution in [0.15, 0.2) is 24.3 Å². The molecule has 0 amide bonds. The summed E-state index contributed by atoms with van der Waals surface area (Å²) in [7, 11) is 1.72. The first-order valence-corrected chi connectivity index (χ1v) is 7.85. The molecule has 112 valence electrons. The van der Waals surface area contributed by atoms with E-state index in [1.54, 1.807) is 7.11 Å². The SMILES string of the molecule is CCC(NC1CC(C)(C)CC1C)c1ccc(OC)cc1. The summed E-state index contributed by atoms with van der Waals surface area (Å²) in [5.74, 6) is 1.69. The number of rotatable bonds is 5. The number of ether oxygens (including phenoxy) is 1. The van der Waals surface area contributed by atoms with Gasteiger partial charge < -0.3 is 10.1 Å². The molecule has 2 heteroatoms. The van der Waals surface area contributed by atoms with E-state index in [4.69, 9.17) is 4.74 Å². The van der Waals surface area contributed by atoms with E-state index in [0.717, 1.165) is 18.1 Å². The van der Waals surface area contributed by atoms with Crippen LogP contribution in [0.1, 0.15) is 58.6 Å². The van der Waals surface area contributed by atoms with Crippen LogP contribution < -0.4 is 10.1 Å². The summed E-state index contributed by atoms with van der Waals surface area (Å²) >= 11 is 0. The van der Waals surface area contributed by atoms with Crippen LogP contribution in [0, 0.1) is 11.3 Å². The highest BCUT2D eigenvalue weighted by Gasteiger charge is 2.37. The van der Waals surface area contributed by atoms with Crippen LogP contribution in [0.4, 0.5) is 0 Å². The van der Waals surface area contributed by atoms with Gasteiger partial charge in [-0.2, -0.15) is 0 Å². The second kappa shape index (κ2) is 6.17. The van der Waals surface area contributed by atoms with Crippen molar-refractivity contribution >= 4 is 0 Å². The monoisotopic (exact) mass is 275 g/mol. The van der Waals surface area contributed by atoms with Crippen molar-refractivity contribution in [1.82, 2.24) is 5.32 Å². The molecule has 0 aromatic heterocycles.